The van der Waals surface area contributed by atoms with Crippen LogP contribution in [0.15, 0.2) is 46.9 Å². The summed E-state index contributed by atoms with van der Waals surface area (Å²) in [6, 6.07) is 8.80. The first-order valence-electron chi connectivity index (χ1n) is 5.33. The fraction of sp³-hybridized carbons (Fsp3) is 0. The van der Waals surface area contributed by atoms with E-state index in [2.05, 4.69) is 26.6 Å². The maximum absolute atomic E-state index is 13.0. The molecule has 0 radical (unpaired) electrons. The lowest BCUT2D eigenvalue weighted by Gasteiger charge is -2.09. The number of carbonyl (C=O) groups is 1. The van der Waals surface area contributed by atoms with E-state index in [4.69, 9.17) is 0 Å². The Balaban J connectivity index is 2.07. The number of urea groups is 1. The van der Waals surface area contributed by atoms with Gasteiger partial charge < -0.3 is 10.6 Å². The highest BCUT2D eigenvalue weighted by Crippen LogP contribution is 2.23. The first-order chi connectivity index (χ1) is 9.04. The molecule has 0 aliphatic carbocycles. The summed E-state index contributed by atoms with van der Waals surface area (Å²) in [4.78, 5) is 11.7. The van der Waals surface area contributed by atoms with Crippen molar-refractivity contribution in [2.45, 2.75) is 0 Å². The molecule has 0 heterocycles. The largest absolute Gasteiger partial charge is 0.323 e. The molecule has 2 aromatic carbocycles. The van der Waals surface area contributed by atoms with E-state index in [1.807, 2.05) is 0 Å². The Morgan fingerprint density at radius 2 is 1.74 bits per heavy atom. The molecular formula is C13H9BrF2N2O. The van der Waals surface area contributed by atoms with Gasteiger partial charge in [0.1, 0.15) is 11.6 Å². The molecule has 0 atom stereocenters. The number of carbonyl (C=O) groups excluding carboxylic acids is 1. The quantitative estimate of drug-likeness (QED) is 0.845. The lowest BCUT2D eigenvalue weighted by Crippen LogP contribution is -2.19. The third kappa shape index (κ3) is 3.75. The van der Waals surface area contributed by atoms with Crippen molar-refractivity contribution < 1.29 is 13.6 Å². The summed E-state index contributed by atoms with van der Waals surface area (Å²) in [6.45, 7) is 0. The summed E-state index contributed by atoms with van der Waals surface area (Å²) in [5, 5.41) is 4.90. The summed E-state index contributed by atoms with van der Waals surface area (Å²) >= 11 is 3.19. The van der Waals surface area contributed by atoms with Crippen LogP contribution >= 0.6 is 15.9 Å². The summed E-state index contributed by atoms with van der Waals surface area (Å²) < 4.78 is 26.5. The van der Waals surface area contributed by atoms with Crippen molar-refractivity contribution in [2.75, 3.05) is 10.6 Å². The SMILES string of the molecule is O=C(Nc1cccc(F)c1)Nc1cc(F)ccc1Br. The number of nitrogens with one attached hydrogen (secondary N) is 2. The first-order valence-corrected chi connectivity index (χ1v) is 6.12. The maximum Gasteiger partial charge on any atom is 0.323 e. The lowest BCUT2D eigenvalue weighted by molar-refractivity contribution is 0.262. The third-order valence-electron chi connectivity index (χ3n) is 2.26. The van der Waals surface area contributed by atoms with Gasteiger partial charge in [0.2, 0.25) is 0 Å². The van der Waals surface area contributed by atoms with E-state index in [1.54, 1.807) is 6.07 Å². The van der Waals surface area contributed by atoms with Crippen molar-refractivity contribution in [3.05, 3.63) is 58.6 Å². The van der Waals surface area contributed by atoms with Gasteiger partial charge in [0.05, 0.1) is 5.69 Å². The van der Waals surface area contributed by atoms with Gasteiger partial charge in [-0.05, 0) is 52.3 Å². The van der Waals surface area contributed by atoms with Crippen molar-refractivity contribution in [1.29, 1.82) is 0 Å². The molecule has 2 N–H and O–H groups in total. The van der Waals surface area contributed by atoms with Crippen LogP contribution in [0.3, 0.4) is 0 Å². The van der Waals surface area contributed by atoms with E-state index in [0.717, 1.165) is 0 Å². The van der Waals surface area contributed by atoms with Crippen LogP contribution in [0.5, 0.6) is 0 Å². The number of benzene rings is 2. The minimum Gasteiger partial charge on any atom is -0.308 e. The molecular weight excluding hydrogens is 318 g/mol. The molecule has 98 valence electrons. The Morgan fingerprint density at radius 1 is 1.00 bits per heavy atom. The first kappa shape index (κ1) is 13.5. The fourth-order valence-electron chi connectivity index (χ4n) is 1.44. The maximum atomic E-state index is 13.0. The molecule has 0 spiro atoms. The van der Waals surface area contributed by atoms with Gasteiger partial charge >= 0.3 is 6.03 Å². The summed E-state index contributed by atoms with van der Waals surface area (Å²) in [5.41, 5.74) is 0.596. The van der Waals surface area contributed by atoms with Crippen LogP contribution in [-0.4, -0.2) is 6.03 Å². The van der Waals surface area contributed by atoms with Gasteiger partial charge in [-0.2, -0.15) is 0 Å². The van der Waals surface area contributed by atoms with Crippen LogP contribution in [0.25, 0.3) is 0 Å². The predicted octanol–water partition coefficient (Wildman–Crippen LogP) is 4.37. The molecule has 2 amide bonds. The van der Waals surface area contributed by atoms with Crippen LogP contribution in [0.1, 0.15) is 0 Å². The van der Waals surface area contributed by atoms with Crippen molar-refractivity contribution in [2.24, 2.45) is 0 Å². The fourth-order valence-corrected chi connectivity index (χ4v) is 1.79. The number of rotatable bonds is 2. The van der Waals surface area contributed by atoms with Gasteiger partial charge in [-0.3, -0.25) is 0 Å². The molecule has 0 fully saturated rings. The molecule has 2 rings (SSSR count). The van der Waals surface area contributed by atoms with Gasteiger partial charge in [-0.15, -0.1) is 0 Å². The summed E-state index contributed by atoms with van der Waals surface area (Å²) in [6.07, 6.45) is 0. The number of amides is 2. The highest BCUT2D eigenvalue weighted by Gasteiger charge is 2.07. The number of halogens is 3. The van der Waals surface area contributed by atoms with Crippen molar-refractivity contribution in [1.82, 2.24) is 0 Å². The van der Waals surface area contributed by atoms with Crippen LogP contribution in [0.2, 0.25) is 0 Å². The topological polar surface area (TPSA) is 41.1 Å². The molecule has 0 saturated carbocycles. The molecule has 6 heteroatoms. The van der Waals surface area contributed by atoms with Crippen molar-refractivity contribution in [3.63, 3.8) is 0 Å². The zero-order valence-corrected chi connectivity index (χ0v) is 11.2. The summed E-state index contributed by atoms with van der Waals surface area (Å²) in [5.74, 6) is -0.922. The van der Waals surface area contributed by atoms with E-state index in [9.17, 15) is 13.6 Å². The second kappa shape index (κ2) is 5.79. The van der Waals surface area contributed by atoms with Crippen molar-refractivity contribution >= 4 is 33.3 Å². The van der Waals surface area contributed by atoms with Gasteiger partial charge in [-0.1, -0.05) is 6.07 Å². The zero-order chi connectivity index (χ0) is 13.8. The Bertz CT molecular complexity index is 619. The third-order valence-corrected chi connectivity index (χ3v) is 2.95. The van der Waals surface area contributed by atoms with Gasteiger partial charge in [0, 0.05) is 10.2 Å². The standard InChI is InChI=1S/C13H9BrF2N2O/c14-11-5-4-9(16)7-12(11)18-13(19)17-10-3-1-2-8(15)6-10/h1-7H,(H2,17,18,19). The molecule has 0 aromatic heterocycles. The van der Waals surface area contributed by atoms with Gasteiger partial charge in [0.25, 0.3) is 0 Å². The monoisotopic (exact) mass is 326 g/mol. The summed E-state index contributed by atoms with van der Waals surface area (Å²) in [7, 11) is 0. The Kier molecular flexibility index (Phi) is 4.11. The second-order valence-corrected chi connectivity index (χ2v) is 4.57. The Labute approximate surface area is 116 Å². The molecule has 0 saturated heterocycles. The van der Waals surface area contributed by atoms with Crippen molar-refractivity contribution in [3.8, 4) is 0 Å². The molecule has 19 heavy (non-hydrogen) atoms. The van der Waals surface area contributed by atoms with E-state index >= 15 is 0 Å². The molecule has 0 bridgehead atoms. The molecule has 0 aliphatic rings. The minimum atomic E-state index is -0.586. The molecule has 0 unspecified atom stereocenters. The van der Waals surface area contributed by atoms with Gasteiger partial charge in [0.15, 0.2) is 0 Å². The number of anilines is 2. The molecule has 3 nitrogen and oxygen atoms in total. The highest BCUT2D eigenvalue weighted by atomic mass is 79.9. The van der Waals surface area contributed by atoms with E-state index in [0.29, 0.717) is 10.2 Å². The number of hydrogen-bond donors (Lipinski definition) is 2. The lowest BCUT2D eigenvalue weighted by atomic mass is 10.3. The smallest absolute Gasteiger partial charge is 0.308 e. The van der Waals surface area contributed by atoms with Crippen LogP contribution in [0, 0.1) is 11.6 Å². The van der Waals surface area contributed by atoms with E-state index < -0.39 is 17.7 Å². The second-order valence-electron chi connectivity index (χ2n) is 3.71. The average molecular weight is 327 g/mol. The molecule has 2 aromatic rings. The van der Waals surface area contributed by atoms with Crippen LogP contribution in [-0.2, 0) is 0 Å². The minimum absolute atomic E-state index is 0.286. The van der Waals surface area contributed by atoms with Crippen LogP contribution in [0.4, 0.5) is 25.0 Å². The van der Waals surface area contributed by atoms with E-state index in [1.165, 1.54) is 36.4 Å². The molecule has 0 aliphatic heterocycles. The zero-order valence-electron chi connectivity index (χ0n) is 9.58. The van der Waals surface area contributed by atoms with Crippen LogP contribution < -0.4 is 10.6 Å². The van der Waals surface area contributed by atoms with E-state index in [-0.39, 0.29) is 5.69 Å². The normalized spacial score (nSPS) is 10.1. The Morgan fingerprint density at radius 3 is 2.47 bits per heavy atom. The highest BCUT2D eigenvalue weighted by molar-refractivity contribution is 9.10. The average Bonchev–Trinajstić information content (AvgIpc) is 2.34. The Hall–Kier alpha value is -1.95. The predicted molar refractivity (Wildman–Crippen MR) is 73.1 cm³/mol. The van der Waals surface area contributed by atoms with Gasteiger partial charge in [-0.25, -0.2) is 13.6 Å². The number of hydrogen-bond acceptors (Lipinski definition) is 1.